The lowest BCUT2D eigenvalue weighted by atomic mass is 9.98. The van der Waals surface area contributed by atoms with Crippen LogP contribution in [0, 0.1) is 0 Å². The number of fused-ring (bicyclic) bond motifs is 2. The number of halogens is 1. The van der Waals surface area contributed by atoms with Crippen LogP contribution in [0.2, 0.25) is 5.02 Å². The van der Waals surface area contributed by atoms with Gasteiger partial charge in [-0.25, -0.2) is 0 Å². The third kappa shape index (κ3) is 2.83. The number of hydrogen-bond acceptors (Lipinski definition) is 2. The molecule has 4 aromatic rings. The molecule has 5 rings (SSSR count). The number of nitrogens with zero attached hydrogens (tertiary/aromatic N) is 1. The molecule has 138 valence electrons. The van der Waals surface area contributed by atoms with E-state index >= 15 is 0 Å². The van der Waals surface area contributed by atoms with Crippen LogP contribution >= 0.6 is 11.6 Å². The third-order valence-electron chi connectivity index (χ3n) is 5.20. The van der Waals surface area contributed by atoms with E-state index in [0.717, 1.165) is 33.4 Å². The third-order valence-corrected chi connectivity index (χ3v) is 5.43. The zero-order valence-electron chi connectivity index (χ0n) is 15.0. The van der Waals surface area contributed by atoms with Gasteiger partial charge in [0.25, 0.3) is 5.91 Å². The quantitative estimate of drug-likeness (QED) is 0.486. The van der Waals surface area contributed by atoms with Crippen molar-refractivity contribution in [1.29, 1.82) is 0 Å². The van der Waals surface area contributed by atoms with E-state index in [4.69, 9.17) is 11.6 Å². The van der Waals surface area contributed by atoms with Crippen molar-refractivity contribution in [2.75, 3.05) is 10.2 Å². The van der Waals surface area contributed by atoms with Gasteiger partial charge in [0.2, 0.25) is 0 Å². The number of para-hydroxylation sites is 1. The van der Waals surface area contributed by atoms with Gasteiger partial charge >= 0.3 is 0 Å². The van der Waals surface area contributed by atoms with E-state index in [-0.39, 0.29) is 5.91 Å². The summed E-state index contributed by atoms with van der Waals surface area (Å²) in [4.78, 5) is 18.6. The molecule has 0 spiro atoms. The van der Waals surface area contributed by atoms with Crippen LogP contribution < -0.4 is 10.2 Å². The second-order valence-electron chi connectivity index (χ2n) is 6.96. The molecular weight excluding hydrogens is 370 g/mol. The van der Waals surface area contributed by atoms with E-state index in [1.807, 2.05) is 60.8 Å². The SMILES string of the molecule is O=C1Nc2cc(Cl)ccc2N(Cc2ccccc2)[C@@H]1c1c[nH]c2ccccc12. The minimum atomic E-state index is -0.440. The summed E-state index contributed by atoms with van der Waals surface area (Å²) in [6.45, 7) is 0.618. The van der Waals surface area contributed by atoms with Gasteiger partial charge in [0, 0.05) is 34.2 Å². The average molecular weight is 388 g/mol. The highest BCUT2D eigenvalue weighted by Crippen LogP contribution is 2.42. The van der Waals surface area contributed by atoms with Gasteiger partial charge in [-0.3, -0.25) is 4.79 Å². The van der Waals surface area contributed by atoms with Crippen molar-refractivity contribution in [3.05, 3.63) is 95.1 Å². The number of hydrogen-bond donors (Lipinski definition) is 2. The molecule has 0 saturated carbocycles. The van der Waals surface area contributed by atoms with Crippen molar-refractivity contribution in [3.63, 3.8) is 0 Å². The Balaban J connectivity index is 1.67. The fraction of sp³-hybridized carbons (Fsp3) is 0.0870. The van der Waals surface area contributed by atoms with E-state index in [2.05, 4.69) is 27.3 Å². The molecule has 4 nitrogen and oxygen atoms in total. The van der Waals surface area contributed by atoms with Crippen LogP contribution in [0.5, 0.6) is 0 Å². The van der Waals surface area contributed by atoms with Gasteiger partial charge in [-0.15, -0.1) is 0 Å². The second-order valence-corrected chi connectivity index (χ2v) is 7.39. The number of carbonyl (C=O) groups excluding carboxylic acids is 1. The number of benzene rings is 3. The molecule has 1 atom stereocenters. The summed E-state index contributed by atoms with van der Waals surface area (Å²) in [6.07, 6.45) is 1.94. The predicted molar refractivity (Wildman–Crippen MR) is 114 cm³/mol. The van der Waals surface area contributed by atoms with Crippen molar-refractivity contribution in [2.45, 2.75) is 12.6 Å². The van der Waals surface area contributed by atoms with E-state index in [9.17, 15) is 4.79 Å². The number of aromatic nitrogens is 1. The fourth-order valence-corrected chi connectivity index (χ4v) is 4.10. The van der Waals surface area contributed by atoms with Crippen molar-refractivity contribution < 1.29 is 4.79 Å². The average Bonchev–Trinajstić information content (AvgIpc) is 3.12. The summed E-state index contributed by atoms with van der Waals surface area (Å²) < 4.78 is 0. The summed E-state index contributed by atoms with van der Waals surface area (Å²) in [7, 11) is 0. The van der Waals surface area contributed by atoms with Crippen LogP contribution in [0.25, 0.3) is 10.9 Å². The van der Waals surface area contributed by atoms with Crippen LogP contribution in [0.4, 0.5) is 11.4 Å². The van der Waals surface area contributed by atoms with Gasteiger partial charge in [-0.2, -0.15) is 0 Å². The maximum absolute atomic E-state index is 13.2. The lowest BCUT2D eigenvalue weighted by molar-refractivity contribution is -0.117. The fourth-order valence-electron chi connectivity index (χ4n) is 3.93. The largest absolute Gasteiger partial charge is 0.361 e. The van der Waals surface area contributed by atoms with Crippen molar-refractivity contribution in [3.8, 4) is 0 Å². The normalized spacial score (nSPS) is 16.1. The van der Waals surface area contributed by atoms with Crippen molar-refractivity contribution in [1.82, 2.24) is 4.98 Å². The van der Waals surface area contributed by atoms with Crippen LogP contribution in [0.1, 0.15) is 17.2 Å². The number of aromatic amines is 1. The van der Waals surface area contributed by atoms with Gasteiger partial charge < -0.3 is 15.2 Å². The lowest BCUT2D eigenvalue weighted by Crippen LogP contribution is -2.41. The summed E-state index contributed by atoms with van der Waals surface area (Å²) in [5, 5.41) is 4.70. The molecule has 3 aromatic carbocycles. The molecule has 0 bridgehead atoms. The molecule has 1 amide bonds. The van der Waals surface area contributed by atoms with Gasteiger partial charge in [-0.1, -0.05) is 60.1 Å². The predicted octanol–water partition coefficient (Wildman–Crippen LogP) is 5.52. The molecule has 2 heterocycles. The number of rotatable bonds is 3. The van der Waals surface area contributed by atoms with Crippen LogP contribution in [0.3, 0.4) is 0 Å². The Morgan fingerprint density at radius 3 is 2.61 bits per heavy atom. The zero-order valence-corrected chi connectivity index (χ0v) is 15.8. The number of H-pyrrole nitrogens is 1. The van der Waals surface area contributed by atoms with Crippen molar-refractivity contribution in [2.24, 2.45) is 0 Å². The number of carbonyl (C=O) groups is 1. The molecule has 0 saturated heterocycles. The van der Waals surface area contributed by atoms with Gasteiger partial charge in [0.15, 0.2) is 0 Å². The van der Waals surface area contributed by atoms with Crippen LogP contribution in [0.15, 0.2) is 79.0 Å². The Morgan fingerprint density at radius 1 is 0.964 bits per heavy atom. The smallest absolute Gasteiger partial charge is 0.251 e. The summed E-state index contributed by atoms with van der Waals surface area (Å²) in [5.41, 5.74) is 4.83. The molecule has 1 aromatic heterocycles. The first-order chi connectivity index (χ1) is 13.7. The summed E-state index contributed by atoms with van der Waals surface area (Å²) in [6, 6.07) is 23.4. The maximum atomic E-state index is 13.2. The first kappa shape index (κ1) is 16.9. The Kier molecular flexibility index (Phi) is 4.06. The molecule has 0 aliphatic carbocycles. The number of nitrogens with one attached hydrogen (secondary N) is 2. The minimum absolute atomic E-state index is 0.0598. The highest BCUT2D eigenvalue weighted by molar-refractivity contribution is 6.31. The number of amides is 1. The topological polar surface area (TPSA) is 48.1 Å². The zero-order chi connectivity index (χ0) is 19.1. The van der Waals surface area contributed by atoms with Crippen LogP contribution in [-0.2, 0) is 11.3 Å². The number of anilines is 2. The van der Waals surface area contributed by atoms with Gasteiger partial charge in [0.1, 0.15) is 6.04 Å². The highest BCUT2D eigenvalue weighted by Gasteiger charge is 2.35. The Morgan fingerprint density at radius 2 is 1.75 bits per heavy atom. The van der Waals surface area contributed by atoms with Crippen LogP contribution in [-0.4, -0.2) is 10.9 Å². The summed E-state index contributed by atoms with van der Waals surface area (Å²) in [5.74, 6) is -0.0598. The lowest BCUT2D eigenvalue weighted by Gasteiger charge is -2.38. The van der Waals surface area contributed by atoms with E-state index in [0.29, 0.717) is 11.6 Å². The molecule has 5 heteroatoms. The molecule has 0 unspecified atom stereocenters. The Bertz CT molecular complexity index is 1170. The monoisotopic (exact) mass is 387 g/mol. The molecule has 28 heavy (non-hydrogen) atoms. The summed E-state index contributed by atoms with van der Waals surface area (Å²) >= 11 is 6.17. The minimum Gasteiger partial charge on any atom is -0.361 e. The highest BCUT2D eigenvalue weighted by atomic mass is 35.5. The molecule has 0 radical (unpaired) electrons. The molecule has 1 aliphatic rings. The molecule has 0 fully saturated rings. The van der Waals surface area contributed by atoms with Crippen molar-refractivity contribution >= 4 is 39.8 Å². The standard InChI is InChI=1S/C23H18ClN3O/c24-16-10-11-21-20(12-16)26-23(28)22(27(21)14-15-6-2-1-3-7-15)18-13-25-19-9-5-4-8-17(18)19/h1-13,22,25H,14H2,(H,26,28)/t22-/m1/s1. The van der Waals surface area contributed by atoms with Gasteiger partial charge in [0.05, 0.1) is 11.4 Å². The maximum Gasteiger partial charge on any atom is 0.251 e. The van der Waals surface area contributed by atoms with E-state index < -0.39 is 6.04 Å². The molecule has 2 N–H and O–H groups in total. The molecule has 1 aliphatic heterocycles. The second kappa shape index (κ2) is 6.73. The first-order valence-electron chi connectivity index (χ1n) is 9.18. The Labute approximate surface area is 167 Å². The van der Waals surface area contributed by atoms with E-state index in [1.54, 1.807) is 6.07 Å². The van der Waals surface area contributed by atoms with Gasteiger partial charge in [-0.05, 0) is 29.8 Å². The van der Waals surface area contributed by atoms with E-state index in [1.165, 1.54) is 0 Å². The molecular formula is C23H18ClN3O. The Hall–Kier alpha value is -3.24. The first-order valence-corrected chi connectivity index (χ1v) is 9.55.